The molecule has 4 rings (SSSR count). The first-order chi connectivity index (χ1) is 21.6. The average molecular weight is 700 g/mol. The third-order valence-corrected chi connectivity index (χ3v) is 6.17. The summed E-state index contributed by atoms with van der Waals surface area (Å²) in [5.74, 6) is 0.619. The van der Waals surface area contributed by atoms with E-state index in [4.69, 9.17) is 17.2 Å². The second kappa shape index (κ2) is 28.5. The molecule has 0 saturated heterocycles. The molecule has 1 aliphatic heterocycles. The summed E-state index contributed by atoms with van der Waals surface area (Å²) >= 11 is 0. The zero-order chi connectivity index (χ0) is 34.0. The van der Waals surface area contributed by atoms with Crippen molar-refractivity contribution in [1.29, 1.82) is 0 Å². The van der Waals surface area contributed by atoms with E-state index in [9.17, 15) is 0 Å². The quantitative estimate of drug-likeness (QED) is 0.253. The molecular formula is C39H58N6Y-2. The van der Waals surface area contributed by atoms with E-state index in [-0.39, 0.29) is 32.7 Å². The standard InChI is InChI=1S/C15H16N2.C7H9N2.C7H8N.C7H17N.C3H8.Y/c1-4-11-7-13-6-5-12(10(2)3)9-14(13)17-15(16)8-11;1-6-2-7(3-8)5-9-4-6;8-6-7-4-2-1-3-5-7;1-4-6-8(3)7-5-2;1-3-2;/h4-7,9H,1-2,8H2,3H3,(H2,16,17);2,4-5,8H,3H2,1H3;1-5,8H,6H2;4-7H2,1-3H3;3H2,1-2H3;/q;2*-1;;;. The van der Waals surface area contributed by atoms with Crippen LogP contribution in [0.3, 0.4) is 0 Å². The monoisotopic (exact) mass is 699 g/mol. The van der Waals surface area contributed by atoms with Gasteiger partial charge in [-0.25, -0.2) is 4.99 Å². The normalized spacial score (nSPS) is 10.9. The van der Waals surface area contributed by atoms with Gasteiger partial charge in [0.05, 0.1) is 5.69 Å². The molecule has 0 aliphatic carbocycles. The molecule has 2 heterocycles. The zero-order valence-corrected chi connectivity index (χ0v) is 32.4. The van der Waals surface area contributed by atoms with Gasteiger partial charge in [0.1, 0.15) is 5.84 Å². The summed E-state index contributed by atoms with van der Waals surface area (Å²) < 4.78 is 0. The number of benzene rings is 2. The first-order valence-corrected chi connectivity index (χ1v) is 16.0. The average Bonchev–Trinajstić information content (AvgIpc) is 3.20. The van der Waals surface area contributed by atoms with Crippen molar-refractivity contribution < 1.29 is 32.7 Å². The number of aryl methyl sites for hydroxylation is 1. The van der Waals surface area contributed by atoms with E-state index in [1.54, 1.807) is 12.4 Å². The second-order valence-corrected chi connectivity index (χ2v) is 11.0. The molecule has 1 radical (unpaired) electrons. The Morgan fingerprint density at radius 3 is 1.96 bits per heavy atom. The van der Waals surface area contributed by atoms with Gasteiger partial charge in [0.2, 0.25) is 0 Å². The molecule has 0 spiro atoms. The van der Waals surface area contributed by atoms with Crippen molar-refractivity contribution in [2.45, 2.75) is 80.3 Å². The van der Waals surface area contributed by atoms with Gasteiger partial charge in [0, 0.05) is 57.1 Å². The van der Waals surface area contributed by atoms with Gasteiger partial charge in [-0.2, -0.15) is 0 Å². The van der Waals surface area contributed by atoms with Crippen molar-refractivity contribution in [3.8, 4) is 0 Å². The summed E-state index contributed by atoms with van der Waals surface area (Å²) in [5, 5.41) is 0. The van der Waals surface area contributed by atoms with E-state index in [1.807, 2.05) is 68.5 Å². The minimum absolute atomic E-state index is 0. The number of aromatic nitrogens is 1. The van der Waals surface area contributed by atoms with E-state index in [0.29, 0.717) is 25.3 Å². The van der Waals surface area contributed by atoms with Crippen molar-refractivity contribution in [2.24, 2.45) is 10.7 Å². The van der Waals surface area contributed by atoms with Crippen LogP contribution in [0.4, 0.5) is 5.69 Å². The van der Waals surface area contributed by atoms with Crippen LogP contribution in [-0.2, 0) is 45.8 Å². The summed E-state index contributed by atoms with van der Waals surface area (Å²) in [6, 6.07) is 17.8. The van der Waals surface area contributed by atoms with Crippen LogP contribution in [0.1, 0.15) is 88.1 Å². The zero-order valence-electron chi connectivity index (χ0n) is 29.6. The minimum Gasteiger partial charge on any atom is -0.674 e. The number of amidine groups is 1. The summed E-state index contributed by atoms with van der Waals surface area (Å²) in [7, 11) is 2.17. The summed E-state index contributed by atoms with van der Waals surface area (Å²) in [5.41, 5.74) is 28.2. The van der Waals surface area contributed by atoms with Crippen LogP contribution in [0.2, 0.25) is 0 Å². The molecule has 249 valence electrons. The molecule has 0 saturated carbocycles. The summed E-state index contributed by atoms with van der Waals surface area (Å²) in [6.07, 6.45) is 11.9. The molecule has 2 aromatic carbocycles. The number of nitrogens with one attached hydrogen (secondary N) is 2. The summed E-state index contributed by atoms with van der Waals surface area (Å²) in [6.45, 7) is 23.6. The molecule has 0 bridgehead atoms. The predicted octanol–water partition coefficient (Wildman–Crippen LogP) is 11.0. The number of pyridine rings is 1. The minimum atomic E-state index is 0. The molecule has 7 heteroatoms. The second-order valence-electron chi connectivity index (χ2n) is 11.0. The van der Waals surface area contributed by atoms with E-state index >= 15 is 0 Å². The number of hydrogen-bond acceptors (Lipinski definition) is 4. The van der Waals surface area contributed by atoms with Gasteiger partial charge in [-0.15, -0.1) is 13.1 Å². The van der Waals surface area contributed by atoms with Crippen molar-refractivity contribution >= 4 is 23.2 Å². The third-order valence-electron chi connectivity index (χ3n) is 6.17. The Kier molecular flexibility index (Phi) is 28.1. The predicted molar refractivity (Wildman–Crippen MR) is 201 cm³/mol. The number of allylic oxidation sites excluding steroid dienone is 2. The van der Waals surface area contributed by atoms with Gasteiger partial charge >= 0.3 is 0 Å². The third kappa shape index (κ3) is 21.1. The molecule has 3 aromatic rings. The van der Waals surface area contributed by atoms with Gasteiger partial charge in [0.15, 0.2) is 0 Å². The van der Waals surface area contributed by atoms with Crippen LogP contribution in [0.5, 0.6) is 0 Å². The molecule has 0 amide bonds. The molecule has 1 aliphatic rings. The molecular weight excluding hydrogens is 641 g/mol. The molecule has 0 atom stereocenters. The Bertz CT molecular complexity index is 1290. The molecule has 6 nitrogen and oxygen atoms in total. The Labute approximate surface area is 306 Å². The Balaban J connectivity index is 0. The van der Waals surface area contributed by atoms with Crippen LogP contribution in [0, 0.1) is 6.92 Å². The first-order valence-electron chi connectivity index (χ1n) is 16.0. The summed E-state index contributed by atoms with van der Waals surface area (Å²) in [4.78, 5) is 10.7. The van der Waals surface area contributed by atoms with Crippen molar-refractivity contribution in [3.63, 3.8) is 0 Å². The van der Waals surface area contributed by atoms with Gasteiger partial charge in [0.25, 0.3) is 0 Å². The maximum Gasteiger partial charge on any atom is 0.104 e. The Hall–Kier alpha value is -2.74. The van der Waals surface area contributed by atoms with Crippen molar-refractivity contribution in [1.82, 2.24) is 9.88 Å². The van der Waals surface area contributed by atoms with E-state index < -0.39 is 0 Å². The van der Waals surface area contributed by atoms with E-state index in [1.165, 1.54) is 32.4 Å². The maximum absolute atomic E-state index is 7.00. The molecule has 1 aromatic heterocycles. The van der Waals surface area contributed by atoms with Gasteiger partial charge in [-0.3, -0.25) is 4.98 Å². The van der Waals surface area contributed by atoms with Crippen LogP contribution in [-0.4, -0.2) is 35.9 Å². The van der Waals surface area contributed by atoms with E-state index in [0.717, 1.165) is 44.7 Å². The Morgan fingerprint density at radius 1 is 0.935 bits per heavy atom. The molecule has 46 heavy (non-hydrogen) atoms. The molecule has 0 fully saturated rings. The first kappa shape index (κ1) is 45.4. The number of aliphatic imine (C=N–C) groups is 1. The fourth-order valence-corrected chi connectivity index (χ4v) is 4.00. The number of rotatable bonds is 8. The van der Waals surface area contributed by atoms with Crippen molar-refractivity contribution in [3.05, 3.63) is 131 Å². The smallest absolute Gasteiger partial charge is 0.104 e. The maximum atomic E-state index is 7.00. The van der Waals surface area contributed by atoms with Crippen LogP contribution >= 0.6 is 0 Å². The largest absolute Gasteiger partial charge is 0.674 e. The topological polar surface area (TPSA) is 102 Å². The molecule has 4 N–H and O–H groups in total. The van der Waals surface area contributed by atoms with Gasteiger partial charge in [-0.1, -0.05) is 119 Å². The number of nitrogens with zero attached hydrogens (tertiary/aromatic N) is 3. The molecule has 0 unspecified atom stereocenters. The number of fused-ring (bicyclic) bond motifs is 1. The fraction of sp³-hybridized carbons (Fsp3) is 0.385. The fourth-order valence-electron chi connectivity index (χ4n) is 4.00. The number of hydrogen-bond donors (Lipinski definition) is 1. The van der Waals surface area contributed by atoms with Crippen LogP contribution in [0.25, 0.3) is 23.1 Å². The van der Waals surface area contributed by atoms with Gasteiger partial charge < -0.3 is 22.1 Å². The SMILES string of the molecule is C=CC1=Cc2ccc(C(=C)C)cc2N=C(N)C1.CCC.CCCN(C)CCC.Cc1cncc(C[NH-])c1.[NH-]Cc1ccccc1.[Y]. The van der Waals surface area contributed by atoms with Crippen LogP contribution in [0.15, 0.2) is 96.8 Å². The van der Waals surface area contributed by atoms with Gasteiger partial charge in [-0.05, 0) is 75.7 Å². The Morgan fingerprint density at radius 2 is 1.52 bits per heavy atom. The number of nitrogens with two attached hydrogens (primary N) is 1. The van der Waals surface area contributed by atoms with E-state index in [2.05, 4.69) is 74.9 Å². The van der Waals surface area contributed by atoms with Crippen LogP contribution < -0.4 is 5.73 Å². The van der Waals surface area contributed by atoms with Crippen molar-refractivity contribution in [2.75, 3.05) is 20.1 Å².